The molecule has 3 atom stereocenters. The number of hydrogen-bond donors (Lipinski definition) is 2. The monoisotopic (exact) mass is 163 g/mol. The van der Waals surface area contributed by atoms with Crippen molar-refractivity contribution in [3.63, 3.8) is 0 Å². The molecule has 0 aliphatic heterocycles. The van der Waals surface area contributed by atoms with Crippen molar-refractivity contribution in [2.45, 2.75) is 30.6 Å². The smallest absolute Gasteiger partial charge is 0.0552 e. The molecule has 1 fully saturated rings. The molecule has 0 bridgehead atoms. The topological polar surface area (TPSA) is 61.2 Å². The molecular formula is C6H13NO2S. The lowest BCUT2D eigenvalue weighted by molar-refractivity contribution is 0.183. The standard InChI is InChI=1S/C6H13NO2S/c1-10(7,9)6-3-2-5(8)4-6/h5-8H,2-4H2,1H3/t5-,6+,10?/m0/s1. The van der Waals surface area contributed by atoms with Crippen LogP contribution >= 0.6 is 0 Å². The molecule has 1 saturated carbocycles. The van der Waals surface area contributed by atoms with Crippen LogP contribution in [0.25, 0.3) is 0 Å². The van der Waals surface area contributed by atoms with Crippen molar-refractivity contribution in [2.24, 2.45) is 0 Å². The Hall–Kier alpha value is -0.0900. The van der Waals surface area contributed by atoms with Gasteiger partial charge in [0.25, 0.3) is 0 Å². The Balaban J connectivity index is 2.62. The lowest BCUT2D eigenvalue weighted by Crippen LogP contribution is -2.15. The first-order chi connectivity index (χ1) is 4.50. The highest BCUT2D eigenvalue weighted by Gasteiger charge is 2.27. The molecule has 0 aromatic heterocycles. The largest absolute Gasteiger partial charge is 0.393 e. The maximum absolute atomic E-state index is 11.1. The van der Waals surface area contributed by atoms with Crippen LogP contribution in [0.15, 0.2) is 0 Å². The summed E-state index contributed by atoms with van der Waals surface area (Å²) in [5.74, 6) is 0. The van der Waals surface area contributed by atoms with Gasteiger partial charge in [0.05, 0.1) is 6.10 Å². The molecule has 1 aliphatic carbocycles. The van der Waals surface area contributed by atoms with Crippen LogP contribution in [-0.4, -0.2) is 26.9 Å². The summed E-state index contributed by atoms with van der Waals surface area (Å²) in [6.07, 6.45) is 3.17. The van der Waals surface area contributed by atoms with Crippen molar-refractivity contribution in [1.82, 2.24) is 0 Å². The molecule has 10 heavy (non-hydrogen) atoms. The highest BCUT2D eigenvalue weighted by Crippen LogP contribution is 2.24. The van der Waals surface area contributed by atoms with E-state index in [0.717, 1.165) is 6.42 Å². The van der Waals surface area contributed by atoms with Crippen LogP contribution in [0.1, 0.15) is 19.3 Å². The van der Waals surface area contributed by atoms with Crippen molar-refractivity contribution in [3.8, 4) is 0 Å². The van der Waals surface area contributed by atoms with E-state index in [2.05, 4.69) is 0 Å². The van der Waals surface area contributed by atoms with Gasteiger partial charge in [-0.05, 0) is 19.3 Å². The van der Waals surface area contributed by atoms with Gasteiger partial charge in [0.2, 0.25) is 0 Å². The summed E-state index contributed by atoms with van der Waals surface area (Å²) in [4.78, 5) is 0. The van der Waals surface area contributed by atoms with Crippen LogP contribution in [0.5, 0.6) is 0 Å². The summed E-state index contributed by atoms with van der Waals surface area (Å²) in [6, 6.07) is 0. The van der Waals surface area contributed by atoms with E-state index in [0.29, 0.717) is 12.8 Å². The molecule has 4 heteroatoms. The van der Waals surface area contributed by atoms with Crippen molar-refractivity contribution in [1.29, 1.82) is 4.78 Å². The molecule has 0 aromatic rings. The second-order valence-electron chi connectivity index (χ2n) is 2.99. The highest BCUT2D eigenvalue weighted by molar-refractivity contribution is 7.92. The summed E-state index contributed by atoms with van der Waals surface area (Å²) in [5, 5.41) is 8.99. The van der Waals surface area contributed by atoms with Gasteiger partial charge in [-0.2, -0.15) is 0 Å². The Morgan fingerprint density at radius 3 is 2.40 bits per heavy atom. The van der Waals surface area contributed by atoms with E-state index in [-0.39, 0.29) is 11.4 Å². The SMILES string of the molecule is CS(=N)(=O)[C@@H]1CC[C@H](O)C1. The summed E-state index contributed by atoms with van der Waals surface area (Å²) < 4.78 is 18.3. The average Bonchev–Trinajstić information content (AvgIpc) is 2.11. The van der Waals surface area contributed by atoms with Gasteiger partial charge in [0, 0.05) is 21.2 Å². The van der Waals surface area contributed by atoms with E-state index in [1.165, 1.54) is 6.26 Å². The normalized spacial score (nSPS) is 39.4. The van der Waals surface area contributed by atoms with Gasteiger partial charge in [-0.25, -0.2) is 4.21 Å². The predicted octanol–water partition coefficient (Wildman–Crippen LogP) is 0.576. The number of aliphatic hydroxyl groups excluding tert-OH is 1. The van der Waals surface area contributed by atoms with E-state index < -0.39 is 9.73 Å². The maximum Gasteiger partial charge on any atom is 0.0552 e. The predicted molar refractivity (Wildman–Crippen MR) is 40.4 cm³/mol. The number of aliphatic hydroxyl groups is 1. The molecular weight excluding hydrogens is 150 g/mol. The summed E-state index contributed by atoms with van der Waals surface area (Å²) in [7, 11) is -2.40. The second kappa shape index (κ2) is 2.51. The van der Waals surface area contributed by atoms with Gasteiger partial charge < -0.3 is 5.11 Å². The molecule has 0 radical (unpaired) electrons. The van der Waals surface area contributed by atoms with Gasteiger partial charge in [0.1, 0.15) is 0 Å². The van der Waals surface area contributed by atoms with E-state index in [4.69, 9.17) is 9.89 Å². The first-order valence-corrected chi connectivity index (χ1v) is 5.44. The van der Waals surface area contributed by atoms with Crippen molar-refractivity contribution in [2.75, 3.05) is 6.26 Å². The number of hydrogen-bond acceptors (Lipinski definition) is 3. The quantitative estimate of drug-likeness (QED) is 0.594. The third-order valence-corrected chi connectivity index (χ3v) is 3.69. The van der Waals surface area contributed by atoms with Crippen molar-refractivity contribution >= 4 is 9.73 Å². The Morgan fingerprint density at radius 2 is 2.20 bits per heavy atom. The molecule has 1 rings (SSSR count). The van der Waals surface area contributed by atoms with Gasteiger partial charge in [-0.3, -0.25) is 4.78 Å². The Bertz CT molecular complexity index is 210. The summed E-state index contributed by atoms with van der Waals surface area (Å²) in [6.45, 7) is 0. The van der Waals surface area contributed by atoms with Crippen LogP contribution < -0.4 is 0 Å². The van der Waals surface area contributed by atoms with Crippen LogP contribution in [-0.2, 0) is 9.73 Å². The van der Waals surface area contributed by atoms with Gasteiger partial charge in [0.15, 0.2) is 0 Å². The maximum atomic E-state index is 11.1. The molecule has 2 N–H and O–H groups in total. The van der Waals surface area contributed by atoms with Gasteiger partial charge >= 0.3 is 0 Å². The third-order valence-electron chi connectivity index (χ3n) is 1.99. The molecule has 0 spiro atoms. The molecule has 3 nitrogen and oxygen atoms in total. The Kier molecular flexibility index (Phi) is 2.01. The zero-order valence-corrected chi connectivity index (χ0v) is 6.86. The van der Waals surface area contributed by atoms with E-state index >= 15 is 0 Å². The molecule has 0 amide bonds. The Morgan fingerprint density at radius 1 is 1.60 bits per heavy atom. The number of rotatable bonds is 1. The van der Waals surface area contributed by atoms with E-state index in [1.807, 2.05) is 0 Å². The van der Waals surface area contributed by atoms with Crippen LogP contribution in [0, 0.1) is 4.78 Å². The van der Waals surface area contributed by atoms with Crippen LogP contribution in [0.4, 0.5) is 0 Å². The van der Waals surface area contributed by atoms with Crippen molar-refractivity contribution in [3.05, 3.63) is 0 Å². The fourth-order valence-corrected chi connectivity index (χ4v) is 2.50. The minimum absolute atomic E-state index is 0.0671. The minimum atomic E-state index is -2.40. The fourth-order valence-electron chi connectivity index (χ4n) is 1.33. The molecule has 0 aromatic carbocycles. The van der Waals surface area contributed by atoms with Gasteiger partial charge in [-0.1, -0.05) is 0 Å². The lowest BCUT2D eigenvalue weighted by Gasteiger charge is -2.07. The molecule has 0 saturated heterocycles. The average molecular weight is 163 g/mol. The van der Waals surface area contributed by atoms with Crippen molar-refractivity contribution < 1.29 is 9.32 Å². The second-order valence-corrected chi connectivity index (χ2v) is 5.47. The molecule has 1 aliphatic rings. The first-order valence-electron chi connectivity index (χ1n) is 3.41. The Labute approximate surface area is 61.4 Å². The van der Waals surface area contributed by atoms with E-state index in [1.54, 1.807) is 0 Å². The lowest BCUT2D eigenvalue weighted by atomic mass is 10.3. The van der Waals surface area contributed by atoms with Gasteiger partial charge in [-0.15, -0.1) is 0 Å². The molecule has 0 heterocycles. The zero-order valence-electron chi connectivity index (χ0n) is 6.04. The minimum Gasteiger partial charge on any atom is -0.393 e. The summed E-state index contributed by atoms with van der Waals surface area (Å²) >= 11 is 0. The zero-order chi connectivity index (χ0) is 7.78. The number of nitrogens with one attached hydrogen (secondary N) is 1. The molecule has 60 valence electrons. The van der Waals surface area contributed by atoms with Crippen LogP contribution in [0.2, 0.25) is 0 Å². The molecule has 1 unspecified atom stereocenters. The highest BCUT2D eigenvalue weighted by atomic mass is 32.2. The third kappa shape index (κ3) is 1.70. The van der Waals surface area contributed by atoms with Crippen LogP contribution in [0.3, 0.4) is 0 Å². The first kappa shape index (κ1) is 8.01. The fraction of sp³-hybridized carbons (Fsp3) is 1.00. The van der Waals surface area contributed by atoms with E-state index in [9.17, 15) is 4.21 Å². The summed E-state index contributed by atoms with van der Waals surface area (Å²) in [5.41, 5.74) is 0.